The van der Waals surface area contributed by atoms with E-state index in [0.717, 1.165) is 24.3 Å². The lowest BCUT2D eigenvalue weighted by molar-refractivity contribution is -0.295. The molecule has 1 aromatic carbocycles. The maximum Gasteiger partial charge on any atom is 0.423 e. The molecule has 0 atom stereocenters. The molecular weight excluding hydrogens is 276 g/mol. The van der Waals surface area contributed by atoms with Gasteiger partial charge in [-0.25, -0.2) is 0 Å². The molecule has 0 N–H and O–H groups in total. The first-order valence-electron chi connectivity index (χ1n) is 4.72. The van der Waals surface area contributed by atoms with E-state index in [4.69, 9.17) is 5.26 Å². The van der Waals surface area contributed by atoms with Gasteiger partial charge < -0.3 is 0 Å². The van der Waals surface area contributed by atoms with E-state index in [1.807, 2.05) is 0 Å². The van der Waals surface area contributed by atoms with Crippen LogP contribution >= 0.6 is 0 Å². The van der Waals surface area contributed by atoms with E-state index in [2.05, 4.69) is 0 Å². The fourth-order valence-corrected chi connectivity index (χ4v) is 1.40. The Bertz CT molecular complexity index is 497. The minimum absolute atomic E-state index is 0.0942. The molecule has 0 spiro atoms. The van der Waals surface area contributed by atoms with E-state index < -0.39 is 29.1 Å². The Kier molecular flexibility index (Phi) is 3.61. The van der Waals surface area contributed by atoms with Crippen molar-refractivity contribution in [3.05, 3.63) is 35.9 Å². The molecule has 0 aromatic heterocycles. The lowest BCUT2D eigenvalue weighted by atomic mass is 9.80. The van der Waals surface area contributed by atoms with E-state index in [1.54, 1.807) is 0 Å². The van der Waals surface area contributed by atoms with Crippen LogP contribution in [0.2, 0.25) is 0 Å². The lowest BCUT2D eigenvalue weighted by Gasteiger charge is -2.29. The van der Waals surface area contributed by atoms with Gasteiger partial charge >= 0.3 is 17.8 Å². The van der Waals surface area contributed by atoms with Crippen LogP contribution in [0.15, 0.2) is 30.3 Å². The third-order valence-corrected chi connectivity index (χ3v) is 2.39. The number of hydrogen-bond acceptors (Lipinski definition) is 2. The van der Waals surface area contributed by atoms with Gasteiger partial charge in [-0.2, -0.15) is 31.6 Å². The van der Waals surface area contributed by atoms with Crippen LogP contribution in [0.1, 0.15) is 10.4 Å². The van der Waals surface area contributed by atoms with Crippen molar-refractivity contribution in [1.29, 1.82) is 5.26 Å². The Hall–Kier alpha value is -2.04. The zero-order valence-electron chi connectivity index (χ0n) is 9.01. The molecule has 2 nitrogen and oxygen atoms in total. The molecule has 0 saturated heterocycles. The van der Waals surface area contributed by atoms with Gasteiger partial charge in [0.2, 0.25) is 5.78 Å². The summed E-state index contributed by atoms with van der Waals surface area (Å²) in [6, 6.07) is 5.17. The number of carbonyl (C=O) groups excluding carboxylic acids is 1. The SMILES string of the molecule is N#CC(C(=O)c1ccccc1)(C(F)(F)F)C(F)(F)F. The van der Waals surface area contributed by atoms with Crippen molar-refractivity contribution in [2.75, 3.05) is 0 Å². The van der Waals surface area contributed by atoms with E-state index in [0.29, 0.717) is 0 Å². The molecule has 1 aromatic rings. The molecule has 0 amide bonds. The maximum atomic E-state index is 12.6. The number of rotatable bonds is 2. The van der Waals surface area contributed by atoms with Crippen LogP contribution in [-0.2, 0) is 0 Å². The Balaban J connectivity index is 3.52. The van der Waals surface area contributed by atoms with Crippen molar-refractivity contribution in [3.63, 3.8) is 0 Å². The number of benzene rings is 1. The number of nitriles is 1. The van der Waals surface area contributed by atoms with Crippen molar-refractivity contribution in [2.45, 2.75) is 12.4 Å². The number of ketones is 1. The second kappa shape index (κ2) is 4.57. The van der Waals surface area contributed by atoms with Crippen LogP contribution in [-0.4, -0.2) is 18.1 Å². The van der Waals surface area contributed by atoms with Gasteiger partial charge in [-0.3, -0.25) is 4.79 Å². The van der Waals surface area contributed by atoms with Crippen molar-refractivity contribution >= 4 is 5.78 Å². The molecule has 1 rings (SSSR count). The summed E-state index contributed by atoms with van der Waals surface area (Å²) in [6.07, 6.45) is -12.1. The van der Waals surface area contributed by atoms with Gasteiger partial charge in [0.15, 0.2) is 0 Å². The molecule has 0 radical (unpaired) electrons. The fraction of sp³-hybridized carbons (Fsp3) is 0.273. The van der Waals surface area contributed by atoms with E-state index in [9.17, 15) is 31.1 Å². The van der Waals surface area contributed by atoms with Gasteiger partial charge in [0.05, 0.1) is 6.07 Å². The minimum atomic E-state index is -6.06. The molecule has 0 fully saturated rings. The molecule has 0 aliphatic rings. The molecule has 0 aliphatic carbocycles. The summed E-state index contributed by atoms with van der Waals surface area (Å²) < 4.78 is 75.9. The second-order valence-corrected chi connectivity index (χ2v) is 3.55. The number of Topliss-reactive ketones (excluding diaryl/α,β-unsaturated/α-hetero) is 1. The summed E-state index contributed by atoms with van der Waals surface area (Å²) in [5, 5.41) is 8.37. The predicted octanol–water partition coefficient (Wildman–Crippen LogP) is 3.50. The lowest BCUT2D eigenvalue weighted by Crippen LogP contribution is -2.54. The van der Waals surface area contributed by atoms with Crippen LogP contribution in [0.5, 0.6) is 0 Å². The molecule has 0 unspecified atom stereocenters. The van der Waals surface area contributed by atoms with E-state index in [1.165, 1.54) is 6.07 Å². The van der Waals surface area contributed by atoms with Crippen molar-refractivity contribution in [3.8, 4) is 6.07 Å². The van der Waals surface area contributed by atoms with Crippen LogP contribution in [0.3, 0.4) is 0 Å². The summed E-state index contributed by atoms with van der Waals surface area (Å²) in [5.74, 6) is -2.34. The second-order valence-electron chi connectivity index (χ2n) is 3.55. The van der Waals surface area contributed by atoms with Crippen LogP contribution in [0, 0.1) is 16.7 Å². The standard InChI is InChI=1S/C11H5F6NO/c12-10(13,14)9(6-18,11(15,16)17)8(19)7-4-2-1-3-5-7/h1-5H. The monoisotopic (exact) mass is 281 g/mol. The predicted molar refractivity (Wildman–Crippen MR) is 50.9 cm³/mol. The average Bonchev–Trinajstić information content (AvgIpc) is 2.27. The third-order valence-electron chi connectivity index (χ3n) is 2.39. The van der Waals surface area contributed by atoms with E-state index in [-0.39, 0.29) is 6.07 Å². The summed E-state index contributed by atoms with van der Waals surface area (Å²) in [7, 11) is 0. The quantitative estimate of drug-likeness (QED) is 0.615. The summed E-state index contributed by atoms with van der Waals surface area (Å²) in [6.45, 7) is 0. The van der Waals surface area contributed by atoms with Gasteiger partial charge in [-0.15, -0.1) is 0 Å². The molecule has 102 valence electrons. The molecular formula is C11H5F6NO. The average molecular weight is 281 g/mol. The summed E-state index contributed by atoms with van der Waals surface area (Å²) in [4.78, 5) is 11.5. The first kappa shape index (κ1) is 15.0. The fourth-order valence-electron chi connectivity index (χ4n) is 1.40. The Morgan fingerprint density at radius 2 is 1.37 bits per heavy atom. The highest BCUT2D eigenvalue weighted by molar-refractivity contribution is 6.03. The first-order valence-corrected chi connectivity index (χ1v) is 4.72. The Morgan fingerprint density at radius 1 is 0.947 bits per heavy atom. The minimum Gasteiger partial charge on any atom is -0.292 e. The first-order chi connectivity index (χ1) is 8.58. The Labute approximate surface area is 103 Å². The van der Waals surface area contributed by atoms with Crippen molar-refractivity contribution in [2.24, 2.45) is 5.41 Å². The van der Waals surface area contributed by atoms with Gasteiger partial charge in [0.25, 0.3) is 0 Å². The number of carbonyl (C=O) groups is 1. The molecule has 0 bridgehead atoms. The van der Waals surface area contributed by atoms with Crippen molar-refractivity contribution in [1.82, 2.24) is 0 Å². The highest BCUT2D eigenvalue weighted by Gasteiger charge is 2.76. The molecule has 19 heavy (non-hydrogen) atoms. The highest BCUT2D eigenvalue weighted by Crippen LogP contribution is 2.51. The molecule has 0 saturated carbocycles. The summed E-state index contributed by atoms with van der Waals surface area (Å²) in [5.41, 5.74) is -5.89. The Morgan fingerprint density at radius 3 is 1.68 bits per heavy atom. The molecule has 0 aliphatic heterocycles. The van der Waals surface area contributed by atoms with Crippen molar-refractivity contribution < 1.29 is 31.1 Å². The zero-order chi connectivity index (χ0) is 14.9. The van der Waals surface area contributed by atoms with Crippen LogP contribution in [0.25, 0.3) is 0 Å². The van der Waals surface area contributed by atoms with Gasteiger partial charge in [-0.05, 0) is 0 Å². The van der Waals surface area contributed by atoms with Gasteiger partial charge in [-0.1, -0.05) is 30.3 Å². The number of alkyl halides is 6. The topological polar surface area (TPSA) is 40.9 Å². The van der Waals surface area contributed by atoms with Gasteiger partial charge in [0, 0.05) is 5.56 Å². The highest BCUT2D eigenvalue weighted by atomic mass is 19.4. The number of nitrogens with zero attached hydrogens (tertiary/aromatic N) is 1. The molecule has 8 heteroatoms. The summed E-state index contributed by atoms with van der Waals surface area (Å²) >= 11 is 0. The largest absolute Gasteiger partial charge is 0.423 e. The van der Waals surface area contributed by atoms with E-state index >= 15 is 0 Å². The van der Waals surface area contributed by atoms with Crippen LogP contribution < -0.4 is 0 Å². The normalized spacial score (nSPS) is 12.9. The zero-order valence-corrected chi connectivity index (χ0v) is 9.01. The number of halogens is 6. The smallest absolute Gasteiger partial charge is 0.292 e. The molecule has 0 heterocycles. The third kappa shape index (κ3) is 2.28. The number of hydrogen-bond donors (Lipinski definition) is 0. The maximum absolute atomic E-state index is 12.6. The van der Waals surface area contributed by atoms with Crippen LogP contribution in [0.4, 0.5) is 26.3 Å². The van der Waals surface area contributed by atoms with Gasteiger partial charge in [0.1, 0.15) is 0 Å².